The van der Waals surface area contributed by atoms with Gasteiger partial charge in [-0.3, -0.25) is 4.79 Å². The van der Waals surface area contributed by atoms with E-state index in [-0.39, 0.29) is 12.5 Å². The zero-order valence-corrected chi connectivity index (χ0v) is 50.5. The van der Waals surface area contributed by atoms with E-state index in [4.69, 9.17) is 9.47 Å². The van der Waals surface area contributed by atoms with Gasteiger partial charge in [-0.05, 0) is 109 Å². The van der Waals surface area contributed by atoms with E-state index in [0.29, 0.717) is 6.42 Å². The lowest BCUT2D eigenvalue weighted by atomic mass is 9.99. The fourth-order valence-electron chi connectivity index (χ4n) is 9.14. The first-order valence-electron chi connectivity index (χ1n) is 32.1. The molecule has 0 aromatic rings. The van der Waals surface area contributed by atoms with Crippen molar-refractivity contribution in [3.05, 3.63) is 146 Å². The fourth-order valence-corrected chi connectivity index (χ4v) is 9.14. The van der Waals surface area contributed by atoms with Crippen molar-refractivity contribution in [3.8, 4) is 0 Å². The summed E-state index contributed by atoms with van der Waals surface area (Å²) in [6.45, 7) is 3.64. The first kappa shape index (κ1) is 74.1. The van der Waals surface area contributed by atoms with Gasteiger partial charge >= 0.3 is 0 Å². The van der Waals surface area contributed by atoms with Gasteiger partial charge in [0.1, 0.15) is 24.4 Å². The van der Waals surface area contributed by atoms with Gasteiger partial charge in [0, 0.05) is 6.42 Å². The Morgan fingerprint density at radius 3 is 1.20 bits per heavy atom. The Morgan fingerprint density at radius 1 is 0.438 bits per heavy atom. The number of allylic oxidation sites excluding steroid dienone is 23. The lowest BCUT2D eigenvalue weighted by Crippen LogP contribution is -2.60. The van der Waals surface area contributed by atoms with Crippen LogP contribution >= 0.6 is 0 Å². The van der Waals surface area contributed by atoms with Gasteiger partial charge in [-0.15, -0.1) is 0 Å². The third kappa shape index (κ3) is 46.7. The van der Waals surface area contributed by atoms with Crippen LogP contribution < -0.4 is 5.32 Å². The summed E-state index contributed by atoms with van der Waals surface area (Å²) in [5, 5.41) is 54.6. The maximum absolute atomic E-state index is 13.1. The fraction of sp³-hybridized carbons (Fsp3) is 0.648. The Morgan fingerprint density at radius 2 is 0.787 bits per heavy atom. The Bertz CT molecular complexity index is 1770. The predicted molar refractivity (Wildman–Crippen MR) is 340 cm³/mol. The van der Waals surface area contributed by atoms with Crippen molar-refractivity contribution >= 4 is 5.91 Å². The van der Waals surface area contributed by atoms with E-state index in [2.05, 4.69) is 153 Å². The third-order valence-corrected chi connectivity index (χ3v) is 14.1. The number of ether oxygens (including phenoxy) is 2. The topological polar surface area (TPSA) is 149 Å². The van der Waals surface area contributed by atoms with Crippen LogP contribution in [0, 0.1) is 0 Å². The molecule has 7 unspecified atom stereocenters. The highest BCUT2D eigenvalue weighted by molar-refractivity contribution is 5.76. The van der Waals surface area contributed by atoms with E-state index in [1.807, 2.05) is 6.08 Å². The summed E-state index contributed by atoms with van der Waals surface area (Å²) in [6, 6.07) is -0.837. The lowest BCUT2D eigenvalue weighted by Gasteiger charge is -2.40. The van der Waals surface area contributed by atoms with Crippen molar-refractivity contribution in [3.63, 3.8) is 0 Å². The molecule has 0 aromatic carbocycles. The molecule has 0 radical (unpaired) electrons. The Labute approximate surface area is 489 Å². The average Bonchev–Trinajstić information content (AvgIpc) is 3.46. The van der Waals surface area contributed by atoms with Crippen LogP contribution in [0.2, 0.25) is 0 Å². The molecule has 1 rings (SSSR count). The summed E-state index contributed by atoms with van der Waals surface area (Å²) in [4.78, 5) is 13.1. The molecular weight excluding hydrogens is 995 g/mol. The minimum atomic E-state index is -1.58. The Kier molecular flexibility index (Phi) is 54.0. The zero-order valence-electron chi connectivity index (χ0n) is 50.5. The monoisotopic (exact) mass is 1110 g/mol. The van der Waals surface area contributed by atoms with Crippen LogP contribution in [-0.4, -0.2) is 87.5 Å². The average molecular weight is 1110 g/mol. The number of hydrogen-bond acceptors (Lipinski definition) is 8. The van der Waals surface area contributed by atoms with Crippen LogP contribution in [0.1, 0.15) is 239 Å². The SMILES string of the molecule is CC/C=C\C/C=C\C/C=C\C/C=C\C/C=C\C/C=C\C/C=C\C/C=C\C/C=C\C/C=C\CCCCCCCCCCC(=O)NC(COC1OC(CO)C(O)C(O)C1O)C(O)/C=C/CC/C=C/CCCCCCCCCCCCCC. The quantitative estimate of drug-likeness (QED) is 0.0261. The molecule has 0 aliphatic carbocycles. The van der Waals surface area contributed by atoms with Crippen molar-refractivity contribution < 1.29 is 39.8 Å². The molecule has 0 bridgehead atoms. The highest BCUT2D eigenvalue weighted by Crippen LogP contribution is 2.23. The van der Waals surface area contributed by atoms with E-state index in [1.54, 1.807) is 6.08 Å². The van der Waals surface area contributed by atoms with Gasteiger partial charge in [0.15, 0.2) is 6.29 Å². The smallest absolute Gasteiger partial charge is 0.220 e. The second-order valence-electron chi connectivity index (χ2n) is 21.5. The van der Waals surface area contributed by atoms with Gasteiger partial charge < -0.3 is 40.3 Å². The van der Waals surface area contributed by atoms with Gasteiger partial charge in [0.25, 0.3) is 0 Å². The van der Waals surface area contributed by atoms with Crippen LogP contribution in [0.3, 0.4) is 0 Å². The van der Waals surface area contributed by atoms with Crippen molar-refractivity contribution in [2.24, 2.45) is 0 Å². The van der Waals surface area contributed by atoms with Gasteiger partial charge in [-0.25, -0.2) is 0 Å². The molecular formula is C71H117NO8. The first-order valence-corrected chi connectivity index (χ1v) is 32.1. The number of rotatable bonds is 53. The molecule has 6 N–H and O–H groups in total. The lowest BCUT2D eigenvalue weighted by molar-refractivity contribution is -0.302. The molecule has 1 saturated heterocycles. The van der Waals surface area contributed by atoms with Crippen LogP contribution in [0.5, 0.6) is 0 Å². The summed E-state index contributed by atoms with van der Waals surface area (Å²) in [5.41, 5.74) is 0. The van der Waals surface area contributed by atoms with E-state index >= 15 is 0 Å². The van der Waals surface area contributed by atoms with E-state index in [1.165, 1.54) is 103 Å². The molecule has 1 amide bonds. The Balaban J connectivity index is 2.19. The van der Waals surface area contributed by atoms with E-state index in [9.17, 15) is 30.3 Å². The van der Waals surface area contributed by atoms with Gasteiger partial charge in [0.2, 0.25) is 5.91 Å². The molecule has 1 aliphatic rings. The largest absolute Gasteiger partial charge is 0.394 e. The third-order valence-electron chi connectivity index (χ3n) is 14.1. The number of nitrogens with one attached hydrogen (secondary N) is 1. The van der Waals surface area contributed by atoms with Crippen LogP contribution in [-0.2, 0) is 14.3 Å². The van der Waals surface area contributed by atoms with E-state index in [0.717, 1.165) is 116 Å². The first-order chi connectivity index (χ1) is 39.3. The minimum Gasteiger partial charge on any atom is -0.394 e. The molecule has 80 heavy (non-hydrogen) atoms. The number of aliphatic hydroxyl groups excluding tert-OH is 5. The minimum absolute atomic E-state index is 0.201. The normalized spacial score (nSPS) is 19.5. The summed E-state index contributed by atoms with van der Waals surface area (Å²) >= 11 is 0. The summed E-state index contributed by atoms with van der Waals surface area (Å²) in [7, 11) is 0. The maximum Gasteiger partial charge on any atom is 0.220 e. The molecule has 1 heterocycles. The van der Waals surface area contributed by atoms with Crippen molar-refractivity contribution in [2.75, 3.05) is 13.2 Å². The molecule has 1 aliphatic heterocycles. The maximum atomic E-state index is 13.1. The predicted octanol–water partition coefficient (Wildman–Crippen LogP) is 17.0. The zero-order chi connectivity index (χ0) is 57.9. The molecule has 0 spiro atoms. The molecule has 1 fully saturated rings. The van der Waals surface area contributed by atoms with E-state index < -0.39 is 49.5 Å². The number of aliphatic hydroxyl groups is 5. The summed E-state index contributed by atoms with van der Waals surface area (Å²) in [5.74, 6) is -0.201. The molecule has 454 valence electrons. The van der Waals surface area contributed by atoms with Crippen molar-refractivity contribution in [2.45, 2.75) is 281 Å². The van der Waals surface area contributed by atoms with Gasteiger partial charge in [-0.2, -0.15) is 0 Å². The van der Waals surface area contributed by atoms with Gasteiger partial charge in [0.05, 0.1) is 25.4 Å². The second kappa shape index (κ2) is 58.3. The highest BCUT2D eigenvalue weighted by atomic mass is 16.7. The number of carbonyl (C=O) groups is 1. The number of amides is 1. The van der Waals surface area contributed by atoms with Crippen LogP contribution in [0.25, 0.3) is 0 Å². The molecule has 0 saturated carbocycles. The number of unbranched alkanes of at least 4 members (excludes halogenated alkanes) is 21. The molecule has 9 nitrogen and oxygen atoms in total. The number of carbonyl (C=O) groups excluding carboxylic acids is 1. The van der Waals surface area contributed by atoms with Crippen LogP contribution in [0.15, 0.2) is 146 Å². The standard InChI is InChI=1S/C71H117NO8/c1-3-5-7-9-11-13-15-17-19-21-23-24-25-26-27-28-29-30-31-32-33-34-35-36-37-38-39-40-41-42-43-45-47-49-51-53-55-57-59-61-67(75)72-64(63-79-71-70(78)69(77)68(76)66(62-73)80-71)65(74)60-58-56-54-52-50-48-46-44-22-20-18-16-14-12-10-8-6-4-2/h5,7,11,13,17,19,23-24,26-27,29-30,32-33,35-36,38-39,41-42,50,52,58,60,64-66,68-71,73-74,76-78H,3-4,6,8-10,12,14-16,18,20-22,25,28,31,34,37,40,43-49,51,53-57,59,61-63H2,1-2H3,(H,72,75)/b7-5-,13-11-,19-17-,24-23-,27-26-,30-29-,33-32-,36-35-,39-38-,42-41-,52-50+,60-58+. The van der Waals surface area contributed by atoms with Crippen molar-refractivity contribution in [1.29, 1.82) is 0 Å². The van der Waals surface area contributed by atoms with Gasteiger partial charge in [-0.1, -0.05) is 269 Å². The number of hydrogen-bond donors (Lipinski definition) is 6. The molecule has 0 aromatic heterocycles. The molecule has 9 heteroatoms. The van der Waals surface area contributed by atoms with Crippen molar-refractivity contribution in [1.82, 2.24) is 5.32 Å². The summed E-state index contributed by atoms with van der Waals surface area (Å²) in [6.07, 6.45) is 83.5. The highest BCUT2D eigenvalue weighted by Gasteiger charge is 2.44. The van der Waals surface area contributed by atoms with Crippen LogP contribution in [0.4, 0.5) is 0 Å². The molecule has 7 atom stereocenters. The summed E-state index contributed by atoms with van der Waals surface area (Å²) < 4.78 is 11.3. The Hall–Kier alpha value is -3.93. The second-order valence-corrected chi connectivity index (χ2v) is 21.5.